The van der Waals surface area contributed by atoms with Gasteiger partial charge >= 0.3 is 6.09 Å². The standard InChI is InChI=1S/C8H8N2O2S/c9-7(13)10-8(11)12-6-4-2-1-3-5-6/h1-5H,(H3,9,10,11,13). The van der Waals surface area contributed by atoms with Gasteiger partial charge in [-0.1, -0.05) is 18.2 Å². The van der Waals surface area contributed by atoms with Gasteiger partial charge in [0.1, 0.15) is 5.75 Å². The molecule has 1 rings (SSSR count). The SMILES string of the molecule is NC(=S)NC(=O)Oc1ccccc1. The van der Waals surface area contributed by atoms with Crippen molar-refractivity contribution in [2.24, 2.45) is 5.73 Å². The lowest BCUT2D eigenvalue weighted by Crippen LogP contribution is -2.36. The number of carbonyl (C=O) groups is 1. The summed E-state index contributed by atoms with van der Waals surface area (Å²) in [6, 6.07) is 8.63. The Morgan fingerprint density at radius 2 is 2.00 bits per heavy atom. The molecule has 0 radical (unpaired) electrons. The minimum atomic E-state index is -0.682. The van der Waals surface area contributed by atoms with Crippen LogP contribution in [0.3, 0.4) is 0 Å². The van der Waals surface area contributed by atoms with Gasteiger partial charge in [0.15, 0.2) is 5.11 Å². The van der Waals surface area contributed by atoms with E-state index in [-0.39, 0.29) is 5.11 Å². The highest BCUT2D eigenvalue weighted by atomic mass is 32.1. The molecule has 0 fully saturated rings. The highest BCUT2D eigenvalue weighted by Gasteiger charge is 2.02. The molecular formula is C8H8N2O2S. The number of rotatable bonds is 1. The molecule has 0 aliphatic carbocycles. The molecule has 0 bridgehead atoms. The van der Waals surface area contributed by atoms with E-state index >= 15 is 0 Å². The summed E-state index contributed by atoms with van der Waals surface area (Å²) in [5.74, 6) is 0.441. The molecule has 1 aromatic rings. The second kappa shape index (κ2) is 4.42. The van der Waals surface area contributed by atoms with E-state index in [1.165, 1.54) is 0 Å². The number of para-hydroxylation sites is 1. The van der Waals surface area contributed by atoms with Crippen molar-refractivity contribution < 1.29 is 9.53 Å². The normalized spacial score (nSPS) is 8.92. The monoisotopic (exact) mass is 196 g/mol. The van der Waals surface area contributed by atoms with E-state index < -0.39 is 6.09 Å². The lowest BCUT2D eigenvalue weighted by atomic mass is 10.3. The molecule has 13 heavy (non-hydrogen) atoms. The molecule has 0 spiro atoms. The first-order valence-corrected chi connectivity index (χ1v) is 3.92. The van der Waals surface area contributed by atoms with E-state index in [1.807, 2.05) is 6.07 Å². The molecule has 5 heteroatoms. The van der Waals surface area contributed by atoms with Crippen LogP contribution in [0.2, 0.25) is 0 Å². The van der Waals surface area contributed by atoms with Gasteiger partial charge in [0, 0.05) is 0 Å². The average molecular weight is 196 g/mol. The smallest absolute Gasteiger partial charge is 0.410 e. The van der Waals surface area contributed by atoms with Crippen LogP contribution in [0.15, 0.2) is 30.3 Å². The van der Waals surface area contributed by atoms with Crippen LogP contribution < -0.4 is 15.8 Å². The van der Waals surface area contributed by atoms with Crippen LogP contribution >= 0.6 is 12.2 Å². The van der Waals surface area contributed by atoms with Crippen molar-refractivity contribution >= 4 is 23.4 Å². The van der Waals surface area contributed by atoms with Crippen LogP contribution in [0.1, 0.15) is 0 Å². The number of nitrogens with one attached hydrogen (secondary N) is 1. The lowest BCUT2D eigenvalue weighted by molar-refractivity contribution is 0.206. The molecular weight excluding hydrogens is 188 g/mol. The maximum absolute atomic E-state index is 10.9. The number of amides is 1. The second-order valence-corrected chi connectivity index (χ2v) is 2.63. The van der Waals surface area contributed by atoms with E-state index in [2.05, 4.69) is 17.5 Å². The number of carbonyl (C=O) groups excluding carboxylic acids is 1. The summed E-state index contributed by atoms with van der Waals surface area (Å²) in [4.78, 5) is 10.9. The maximum Gasteiger partial charge on any atom is 0.418 e. The van der Waals surface area contributed by atoms with Crippen molar-refractivity contribution in [2.75, 3.05) is 0 Å². The van der Waals surface area contributed by atoms with Gasteiger partial charge in [-0.2, -0.15) is 0 Å². The Bertz CT molecular complexity index is 313. The van der Waals surface area contributed by atoms with Crippen molar-refractivity contribution in [3.8, 4) is 5.75 Å². The van der Waals surface area contributed by atoms with Gasteiger partial charge in [0.05, 0.1) is 0 Å². The summed E-state index contributed by atoms with van der Waals surface area (Å²) in [5.41, 5.74) is 5.07. The molecule has 0 atom stereocenters. The average Bonchev–Trinajstić information content (AvgIpc) is 2.04. The number of nitrogens with two attached hydrogens (primary N) is 1. The van der Waals surface area contributed by atoms with Crippen LogP contribution in [0.25, 0.3) is 0 Å². The fourth-order valence-corrected chi connectivity index (χ4v) is 0.805. The van der Waals surface area contributed by atoms with Crippen molar-refractivity contribution in [2.45, 2.75) is 0 Å². The largest absolute Gasteiger partial charge is 0.418 e. The van der Waals surface area contributed by atoms with Crippen LogP contribution in [-0.2, 0) is 0 Å². The molecule has 3 N–H and O–H groups in total. The summed E-state index contributed by atoms with van der Waals surface area (Å²) in [5, 5.41) is 2.03. The van der Waals surface area contributed by atoms with Crippen molar-refractivity contribution in [3.63, 3.8) is 0 Å². The first-order chi connectivity index (χ1) is 6.18. The lowest BCUT2D eigenvalue weighted by Gasteiger charge is -2.03. The van der Waals surface area contributed by atoms with E-state index in [0.717, 1.165) is 0 Å². The Balaban J connectivity index is 2.50. The summed E-state index contributed by atoms with van der Waals surface area (Å²) >= 11 is 4.45. The molecule has 0 unspecified atom stereocenters. The second-order valence-electron chi connectivity index (χ2n) is 2.19. The Hall–Kier alpha value is -1.62. The third-order valence-electron chi connectivity index (χ3n) is 1.18. The first-order valence-electron chi connectivity index (χ1n) is 3.52. The number of hydrogen-bond acceptors (Lipinski definition) is 3. The fraction of sp³-hybridized carbons (Fsp3) is 0. The van der Waals surface area contributed by atoms with Crippen LogP contribution in [0.4, 0.5) is 4.79 Å². The van der Waals surface area contributed by atoms with Gasteiger partial charge in [-0.05, 0) is 24.4 Å². The van der Waals surface area contributed by atoms with Gasteiger partial charge in [-0.3, -0.25) is 5.32 Å². The molecule has 0 saturated heterocycles. The van der Waals surface area contributed by atoms with Crippen molar-refractivity contribution in [1.82, 2.24) is 5.32 Å². The zero-order valence-corrected chi connectivity index (χ0v) is 7.51. The molecule has 0 heterocycles. The molecule has 0 aliphatic heterocycles. The predicted molar refractivity (Wildman–Crippen MR) is 52.4 cm³/mol. The minimum Gasteiger partial charge on any atom is -0.410 e. The van der Waals surface area contributed by atoms with Crippen molar-refractivity contribution in [1.29, 1.82) is 0 Å². The summed E-state index contributed by atoms with van der Waals surface area (Å²) in [6.07, 6.45) is -0.682. The summed E-state index contributed by atoms with van der Waals surface area (Å²) < 4.78 is 4.81. The van der Waals surface area contributed by atoms with E-state index in [1.54, 1.807) is 24.3 Å². The maximum atomic E-state index is 10.9. The topological polar surface area (TPSA) is 64.3 Å². The third kappa shape index (κ3) is 3.53. The van der Waals surface area contributed by atoms with Gasteiger partial charge in [0.2, 0.25) is 0 Å². The van der Waals surface area contributed by atoms with Gasteiger partial charge < -0.3 is 10.5 Å². The molecule has 0 saturated carbocycles. The summed E-state index contributed by atoms with van der Waals surface area (Å²) in [7, 11) is 0. The number of thiocarbonyl (C=S) groups is 1. The predicted octanol–water partition coefficient (Wildman–Crippen LogP) is 1.02. The zero-order valence-electron chi connectivity index (χ0n) is 6.69. The molecule has 0 aromatic heterocycles. The molecule has 68 valence electrons. The highest BCUT2D eigenvalue weighted by molar-refractivity contribution is 7.80. The number of ether oxygens (including phenoxy) is 1. The minimum absolute atomic E-state index is 0.110. The Morgan fingerprint density at radius 3 is 2.54 bits per heavy atom. The third-order valence-corrected chi connectivity index (χ3v) is 1.28. The van der Waals surface area contributed by atoms with Crippen LogP contribution in [-0.4, -0.2) is 11.2 Å². The van der Waals surface area contributed by atoms with Gasteiger partial charge in [0.25, 0.3) is 0 Å². The summed E-state index contributed by atoms with van der Waals surface area (Å²) in [6.45, 7) is 0. The molecule has 0 aliphatic rings. The van der Waals surface area contributed by atoms with Crippen LogP contribution in [0, 0.1) is 0 Å². The van der Waals surface area contributed by atoms with E-state index in [4.69, 9.17) is 10.5 Å². The Morgan fingerprint density at radius 1 is 1.38 bits per heavy atom. The quantitative estimate of drug-likeness (QED) is 0.658. The van der Waals surface area contributed by atoms with E-state index in [0.29, 0.717) is 5.75 Å². The highest BCUT2D eigenvalue weighted by Crippen LogP contribution is 2.07. The van der Waals surface area contributed by atoms with Gasteiger partial charge in [-0.15, -0.1) is 0 Å². The van der Waals surface area contributed by atoms with Crippen molar-refractivity contribution in [3.05, 3.63) is 30.3 Å². The fourth-order valence-electron chi connectivity index (χ4n) is 0.722. The Labute approximate surface area is 80.7 Å². The molecule has 4 nitrogen and oxygen atoms in total. The number of hydrogen-bond donors (Lipinski definition) is 2. The molecule has 1 aromatic carbocycles. The molecule has 1 amide bonds. The van der Waals surface area contributed by atoms with E-state index in [9.17, 15) is 4.79 Å². The van der Waals surface area contributed by atoms with Gasteiger partial charge in [-0.25, -0.2) is 4.79 Å². The first kappa shape index (κ1) is 9.47. The Kier molecular flexibility index (Phi) is 3.22. The van der Waals surface area contributed by atoms with Crippen LogP contribution in [0.5, 0.6) is 5.75 Å². The zero-order chi connectivity index (χ0) is 9.68. The number of benzene rings is 1.